The van der Waals surface area contributed by atoms with E-state index in [1.165, 1.54) is 23.2 Å². The minimum Gasteiger partial charge on any atom is -0.508 e. The second-order valence-corrected chi connectivity index (χ2v) is 9.29. The van der Waals surface area contributed by atoms with E-state index in [-0.39, 0.29) is 17.2 Å². The zero-order valence-electron chi connectivity index (χ0n) is 18.8. The van der Waals surface area contributed by atoms with Crippen LogP contribution in [0, 0.1) is 0 Å². The molecule has 0 aliphatic heterocycles. The number of alkyl halides is 1. The summed E-state index contributed by atoms with van der Waals surface area (Å²) in [5.41, 5.74) is 7.38. The summed E-state index contributed by atoms with van der Waals surface area (Å²) in [6.45, 7) is 0. The van der Waals surface area contributed by atoms with Crippen LogP contribution >= 0.6 is 11.6 Å². The number of pyridine rings is 1. The van der Waals surface area contributed by atoms with E-state index in [0.717, 1.165) is 32.1 Å². The van der Waals surface area contributed by atoms with Crippen LogP contribution in [0.5, 0.6) is 5.75 Å². The third-order valence-corrected chi connectivity index (χ3v) is 7.14. The van der Waals surface area contributed by atoms with Crippen molar-refractivity contribution in [2.75, 3.05) is 4.90 Å². The Morgan fingerprint density at radius 1 is 1.11 bits per heavy atom. The minimum absolute atomic E-state index is 0.00158. The molecular weight excluding hydrogens is 470 g/mol. The number of benzene rings is 2. The number of phenolic OH excluding ortho intramolecular Hbond substituents is 1. The molecule has 1 fully saturated rings. The van der Waals surface area contributed by atoms with Gasteiger partial charge in [-0.15, -0.1) is 11.6 Å². The number of nitrogens with two attached hydrogens (primary N) is 1. The molecule has 180 valence electrons. The fraction of sp³-hybridized carbons (Fsp3) is 0.280. The van der Waals surface area contributed by atoms with E-state index in [9.17, 15) is 19.5 Å². The van der Waals surface area contributed by atoms with E-state index in [1.807, 2.05) is 0 Å². The lowest BCUT2D eigenvalue weighted by molar-refractivity contribution is 0.249. The Kier molecular flexibility index (Phi) is 5.94. The smallest absolute Gasteiger partial charge is 0.319 e. The highest BCUT2D eigenvalue weighted by Gasteiger charge is 2.29. The number of hydrogen-bond donors (Lipinski definition) is 4. The maximum Gasteiger partial charge on any atom is 0.319 e. The van der Waals surface area contributed by atoms with Crippen LogP contribution in [-0.4, -0.2) is 32.4 Å². The third-order valence-electron chi connectivity index (χ3n) is 6.66. The van der Waals surface area contributed by atoms with Crippen LogP contribution in [0.15, 0.2) is 52.2 Å². The van der Waals surface area contributed by atoms with Gasteiger partial charge in [0.15, 0.2) is 0 Å². The third kappa shape index (κ3) is 4.12. The van der Waals surface area contributed by atoms with Gasteiger partial charge in [-0.25, -0.2) is 9.89 Å². The number of aromatic amines is 2. The summed E-state index contributed by atoms with van der Waals surface area (Å²) in [7, 11) is 0. The largest absolute Gasteiger partial charge is 0.508 e. The predicted molar refractivity (Wildman–Crippen MR) is 135 cm³/mol. The number of hydrogen-bond acceptors (Lipinski definition) is 5. The summed E-state index contributed by atoms with van der Waals surface area (Å²) in [5.74, 6) is 0.00158. The maximum atomic E-state index is 12.9. The van der Waals surface area contributed by atoms with Gasteiger partial charge in [-0.05, 0) is 42.2 Å². The average molecular weight is 494 g/mol. The van der Waals surface area contributed by atoms with Crippen molar-refractivity contribution in [3.8, 4) is 5.75 Å². The number of carbonyl (C=O) groups excluding carboxylic acids is 1. The van der Waals surface area contributed by atoms with Gasteiger partial charge in [0.25, 0.3) is 5.56 Å². The fourth-order valence-electron chi connectivity index (χ4n) is 4.99. The summed E-state index contributed by atoms with van der Waals surface area (Å²) in [5, 5.41) is 15.9. The minimum atomic E-state index is -0.711. The Morgan fingerprint density at radius 3 is 2.63 bits per heavy atom. The molecule has 5 rings (SSSR count). The Hall–Kier alpha value is -3.85. The highest BCUT2D eigenvalue weighted by molar-refractivity contribution is 6.23. The summed E-state index contributed by atoms with van der Waals surface area (Å²) in [4.78, 5) is 42.2. The number of primary amides is 1. The van der Waals surface area contributed by atoms with Crippen molar-refractivity contribution < 1.29 is 9.90 Å². The molecule has 10 heteroatoms. The monoisotopic (exact) mass is 493 g/mol. The van der Waals surface area contributed by atoms with Crippen LogP contribution in [0.4, 0.5) is 10.5 Å². The highest BCUT2D eigenvalue weighted by Crippen LogP contribution is 2.40. The summed E-state index contributed by atoms with van der Waals surface area (Å²) in [6, 6.07) is 9.10. The van der Waals surface area contributed by atoms with Crippen molar-refractivity contribution in [2.45, 2.75) is 43.5 Å². The molecule has 2 amide bonds. The van der Waals surface area contributed by atoms with Crippen LogP contribution in [0.25, 0.3) is 21.8 Å². The number of H-pyrrole nitrogens is 2. The van der Waals surface area contributed by atoms with Gasteiger partial charge in [0.2, 0.25) is 5.43 Å². The van der Waals surface area contributed by atoms with Gasteiger partial charge in [0, 0.05) is 17.5 Å². The number of fused-ring (bicyclic) bond motifs is 2. The number of nitrogens with zero attached hydrogens (tertiary/aromatic N) is 2. The lowest BCUT2D eigenvalue weighted by Crippen LogP contribution is -2.45. The molecule has 1 unspecified atom stereocenters. The molecule has 35 heavy (non-hydrogen) atoms. The second kappa shape index (κ2) is 9.07. The first kappa shape index (κ1) is 22.9. The Bertz CT molecular complexity index is 1560. The zero-order chi connectivity index (χ0) is 24.7. The second-order valence-electron chi connectivity index (χ2n) is 8.85. The molecule has 1 aliphatic carbocycles. The molecular formula is C25H24ClN5O4. The summed E-state index contributed by atoms with van der Waals surface area (Å²) >= 11 is 6.94. The number of rotatable bonds is 4. The number of nitrogens with one attached hydrogen (secondary N) is 2. The van der Waals surface area contributed by atoms with Crippen LogP contribution in [-0.2, 0) is 0 Å². The normalized spacial score (nSPS) is 15.3. The van der Waals surface area contributed by atoms with Crippen LogP contribution in [0.1, 0.15) is 48.6 Å². The van der Waals surface area contributed by atoms with Gasteiger partial charge in [-0.2, -0.15) is 5.10 Å². The van der Waals surface area contributed by atoms with E-state index in [4.69, 9.17) is 17.3 Å². The van der Waals surface area contributed by atoms with E-state index in [1.54, 1.807) is 24.3 Å². The van der Waals surface area contributed by atoms with Crippen molar-refractivity contribution in [1.29, 1.82) is 0 Å². The summed E-state index contributed by atoms with van der Waals surface area (Å²) in [6.07, 6.45) is 6.13. The quantitative estimate of drug-likeness (QED) is 0.250. The van der Waals surface area contributed by atoms with Gasteiger partial charge < -0.3 is 15.8 Å². The molecule has 0 spiro atoms. The number of anilines is 1. The zero-order valence-corrected chi connectivity index (χ0v) is 19.5. The lowest BCUT2D eigenvalue weighted by atomic mass is 9.92. The van der Waals surface area contributed by atoms with Gasteiger partial charge in [0.1, 0.15) is 11.1 Å². The predicted octanol–water partition coefficient (Wildman–Crippen LogP) is 4.02. The number of phenols is 1. The van der Waals surface area contributed by atoms with Gasteiger partial charge >= 0.3 is 6.03 Å². The molecule has 1 atom stereocenters. The molecule has 5 N–H and O–H groups in total. The van der Waals surface area contributed by atoms with Crippen molar-refractivity contribution in [1.82, 2.24) is 15.2 Å². The van der Waals surface area contributed by atoms with Crippen LogP contribution in [0.3, 0.4) is 0 Å². The Labute approximate surface area is 204 Å². The number of carbonyl (C=O) groups is 1. The van der Waals surface area contributed by atoms with Gasteiger partial charge in [0.05, 0.1) is 28.3 Å². The Morgan fingerprint density at radius 2 is 1.89 bits per heavy atom. The van der Waals surface area contributed by atoms with Crippen molar-refractivity contribution in [3.05, 3.63) is 74.3 Å². The maximum absolute atomic E-state index is 12.9. The van der Waals surface area contributed by atoms with E-state index >= 15 is 0 Å². The number of urea groups is 1. The van der Waals surface area contributed by atoms with E-state index in [2.05, 4.69) is 15.2 Å². The highest BCUT2D eigenvalue weighted by atomic mass is 35.5. The average Bonchev–Trinajstić information content (AvgIpc) is 2.84. The topological polar surface area (TPSA) is 145 Å². The number of amides is 2. The van der Waals surface area contributed by atoms with Crippen molar-refractivity contribution in [3.63, 3.8) is 0 Å². The van der Waals surface area contributed by atoms with E-state index < -0.39 is 22.4 Å². The number of aromatic hydroxyl groups is 1. The number of halogens is 1. The Balaban J connectivity index is 1.62. The molecule has 1 aliphatic rings. The van der Waals surface area contributed by atoms with Gasteiger partial charge in [-0.1, -0.05) is 31.4 Å². The molecule has 4 aromatic rings. The number of aromatic nitrogens is 3. The molecule has 0 radical (unpaired) electrons. The molecule has 0 saturated heterocycles. The molecule has 2 aromatic heterocycles. The van der Waals surface area contributed by atoms with E-state index in [0.29, 0.717) is 33.2 Å². The molecule has 2 heterocycles. The first-order chi connectivity index (χ1) is 16.8. The lowest BCUT2D eigenvalue weighted by Gasteiger charge is -2.35. The standard InChI is InChI=1S/C25H24ClN5O4/c26-22(13-6-8-16-18(10-13)29-19-12-28-30-24(34)21(19)23(16)33)17-9-7-15(32)11-20(17)31(25(27)35)14-4-2-1-3-5-14/h6-12,14,22,32H,1-5H2,(H2,27,35)(H,29,33)(H,30,34). The summed E-state index contributed by atoms with van der Waals surface area (Å²) < 4.78 is 0. The van der Waals surface area contributed by atoms with Gasteiger partial charge in [-0.3, -0.25) is 14.5 Å². The van der Waals surface area contributed by atoms with Crippen molar-refractivity contribution >= 4 is 45.1 Å². The first-order valence-electron chi connectivity index (χ1n) is 11.4. The fourth-order valence-corrected chi connectivity index (χ4v) is 5.31. The molecule has 2 aromatic carbocycles. The van der Waals surface area contributed by atoms with Crippen LogP contribution < -0.4 is 21.6 Å². The molecule has 9 nitrogen and oxygen atoms in total. The molecule has 0 bridgehead atoms. The van der Waals surface area contributed by atoms with Crippen LogP contribution in [0.2, 0.25) is 0 Å². The van der Waals surface area contributed by atoms with Crippen molar-refractivity contribution in [2.24, 2.45) is 5.73 Å². The first-order valence-corrected chi connectivity index (χ1v) is 11.9. The molecule has 1 saturated carbocycles. The SMILES string of the molecule is NC(=O)N(c1cc(O)ccc1C(Cl)c1ccc2c(=O)c3c(=O)[nH]ncc3[nH]c2c1)C1CCCCC1.